The largest absolute Gasteiger partial charge is 0.493 e. The molecular weight excluding hydrogens is 411 g/mol. The first-order chi connectivity index (χ1) is 15.4. The topological polar surface area (TPSA) is 72.8 Å². The second kappa shape index (κ2) is 12.8. The number of halogens is 1. The number of carbonyl (C=O) groups is 2. The predicted molar refractivity (Wildman–Crippen MR) is 123 cm³/mol. The van der Waals surface area contributed by atoms with Crippen LogP contribution >= 0.6 is 0 Å². The van der Waals surface area contributed by atoms with Crippen LogP contribution in [-0.4, -0.2) is 29.8 Å². The number of aromatic carboxylic acids is 1. The van der Waals surface area contributed by atoms with Gasteiger partial charge in [0.1, 0.15) is 17.1 Å². The van der Waals surface area contributed by atoms with Crippen LogP contribution in [0.25, 0.3) is 11.1 Å². The van der Waals surface area contributed by atoms with E-state index in [0.717, 1.165) is 19.3 Å². The van der Waals surface area contributed by atoms with Gasteiger partial charge in [-0.25, -0.2) is 14.0 Å². The SMILES string of the molecule is CCCCCCCCOc1ccc(C(=O)O)c(-c2cccc(F)c2)c1C(=O)O[C@H](C)CC. The minimum atomic E-state index is -1.22. The number of esters is 1. The normalized spacial score (nSPS) is 11.8. The summed E-state index contributed by atoms with van der Waals surface area (Å²) in [6.07, 6.45) is 6.76. The van der Waals surface area contributed by atoms with E-state index in [4.69, 9.17) is 9.47 Å². The van der Waals surface area contributed by atoms with Crippen molar-refractivity contribution in [3.05, 3.63) is 53.3 Å². The molecular formula is C26H33FO5. The summed E-state index contributed by atoms with van der Waals surface area (Å²) in [5.74, 6) is -2.18. The molecule has 0 radical (unpaired) electrons. The molecule has 6 heteroatoms. The van der Waals surface area contributed by atoms with Gasteiger partial charge in [0.05, 0.1) is 18.3 Å². The molecule has 0 unspecified atom stereocenters. The summed E-state index contributed by atoms with van der Waals surface area (Å²) in [7, 11) is 0. The van der Waals surface area contributed by atoms with Gasteiger partial charge in [-0.15, -0.1) is 0 Å². The van der Waals surface area contributed by atoms with Gasteiger partial charge in [-0.3, -0.25) is 0 Å². The van der Waals surface area contributed by atoms with Crippen molar-refractivity contribution in [1.82, 2.24) is 0 Å². The fourth-order valence-corrected chi connectivity index (χ4v) is 3.42. The zero-order chi connectivity index (χ0) is 23.5. The van der Waals surface area contributed by atoms with Crippen molar-refractivity contribution in [3.63, 3.8) is 0 Å². The zero-order valence-corrected chi connectivity index (χ0v) is 19.2. The van der Waals surface area contributed by atoms with Crippen molar-refractivity contribution in [2.75, 3.05) is 6.61 Å². The highest BCUT2D eigenvalue weighted by Crippen LogP contribution is 2.36. The molecule has 0 fully saturated rings. The van der Waals surface area contributed by atoms with Crippen LogP contribution in [0, 0.1) is 5.82 Å². The second-order valence-corrected chi connectivity index (χ2v) is 7.92. The Hall–Kier alpha value is -2.89. The fourth-order valence-electron chi connectivity index (χ4n) is 3.42. The number of rotatable bonds is 13. The van der Waals surface area contributed by atoms with Gasteiger partial charge in [0, 0.05) is 5.56 Å². The maximum atomic E-state index is 14.0. The van der Waals surface area contributed by atoms with Gasteiger partial charge < -0.3 is 14.6 Å². The van der Waals surface area contributed by atoms with E-state index in [1.807, 2.05) is 6.92 Å². The monoisotopic (exact) mass is 444 g/mol. The zero-order valence-electron chi connectivity index (χ0n) is 19.2. The van der Waals surface area contributed by atoms with Crippen LogP contribution in [0.15, 0.2) is 36.4 Å². The van der Waals surface area contributed by atoms with Crippen molar-refractivity contribution in [2.45, 2.75) is 71.8 Å². The van der Waals surface area contributed by atoms with Crippen LogP contribution < -0.4 is 4.74 Å². The lowest BCUT2D eigenvalue weighted by Gasteiger charge is -2.19. The minimum absolute atomic E-state index is 0.0155. The van der Waals surface area contributed by atoms with E-state index in [-0.39, 0.29) is 34.1 Å². The lowest BCUT2D eigenvalue weighted by molar-refractivity contribution is 0.0331. The highest BCUT2D eigenvalue weighted by atomic mass is 19.1. The summed E-state index contributed by atoms with van der Waals surface area (Å²) < 4.78 is 25.4. The van der Waals surface area contributed by atoms with Gasteiger partial charge in [-0.05, 0) is 49.6 Å². The van der Waals surface area contributed by atoms with Crippen LogP contribution in [0.4, 0.5) is 4.39 Å². The molecule has 0 aromatic heterocycles. The van der Waals surface area contributed by atoms with E-state index in [0.29, 0.717) is 13.0 Å². The third-order valence-corrected chi connectivity index (χ3v) is 5.35. The highest BCUT2D eigenvalue weighted by Gasteiger charge is 2.27. The second-order valence-electron chi connectivity index (χ2n) is 7.92. The first kappa shape index (κ1) is 25.4. The summed E-state index contributed by atoms with van der Waals surface area (Å²) in [4.78, 5) is 25.1. The van der Waals surface area contributed by atoms with Crippen LogP contribution in [0.5, 0.6) is 5.75 Å². The molecule has 0 amide bonds. The molecule has 174 valence electrons. The molecule has 0 aliphatic heterocycles. The number of benzene rings is 2. The first-order valence-corrected chi connectivity index (χ1v) is 11.4. The Morgan fingerprint density at radius 2 is 1.75 bits per heavy atom. The van der Waals surface area contributed by atoms with Gasteiger partial charge in [-0.1, -0.05) is 58.1 Å². The van der Waals surface area contributed by atoms with E-state index >= 15 is 0 Å². The molecule has 1 N–H and O–H groups in total. The number of carbonyl (C=O) groups excluding carboxylic acids is 1. The fraction of sp³-hybridized carbons (Fsp3) is 0.462. The average molecular weight is 445 g/mol. The predicted octanol–water partition coefficient (Wildman–Crippen LogP) is 6.89. The molecule has 0 aliphatic carbocycles. The molecule has 0 saturated heterocycles. The number of carboxylic acid groups (broad SMARTS) is 1. The molecule has 2 aromatic carbocycles. The smallest absolute Gasteiger partial charge is 0.342 e. The van der Waals surface area contributed by atoms with Crippen molar-refractivity contribution >= 4 is 11.9 Å². The van der Waals surface area contributed by atoms with E-state index in [2.05, 4.69) is 6.92 Å². The highest BCUT2D eigenvalue weighted by molar-refractivity contribution is 6.07. The first-order valence-electron chi connectivity index (χ1n) is 11.4. The van der Waals surface area contributed by atoms with E-state index in [1.165, 1.54) is 49.6 Å². The van der Waals surface area contributed by atoms with Gasteiger partial charge in [-0.2, -0.15) is 0 Å². The third kappa shape index (κ3) is 7.08. The number of unbranched alkanes of at least 4 members (excludes halogenated alkanes) is 5. The Morgan fingerprint density at radius 3 is 2.41 bits per heavy atom. The maximum Gasteiger partial charge on any atom is 0.342 e. The van der Waals surface area contributed by atoms with Crippen LogP contribution in [0.2, 0.25) is 0 Å². The van der Waals surface area contributed by atoms with Crippen molar-refractivity contribution in [2.24, 2.45) is 0 Å². The summed E-state index contributed by atoms with van der Waals surface area (Å²) in [6, 6.07) is 8.39. The number of hydrogen-bond acceptors (Lipinski definition) is 4. The summed E-state index contributed by atoms with van der Waals surface area (Å²) in [5, 5.41) is 9.75. The van der Waals surface area contributed by atoms with Crippen molar-refractivity contribution in [3.8, 4) is 16.9 Å². The van der Waals surface area contributed by atoms with E-state index in [1.54, 1.807) is 13.0 Å². The van der Waals surface area contributed by atoms with Gasteiger partial charge >= 0.3 is 11.9 Å². The van der Waals surface area contributed by atoms with Crippen molar-refractivity contribution in [1.29, 1.82) is 0 Å². The minimum Gasteiger partial charge on any atom is -0.493 e. The molecule has 0 spiro atoms. The molecule has 0 aliphatic rings. The molecule has 1 atom stereocenters. The van der Waals surface area contributed by atoms with E-state index < -0.39 is 17.8 Å². The van der Waals surface area contributed by atoms with Gasteiger partial charge in [0.2, 0.25) is 0 Å². The Morgan fingerprint density at radius 1 is 1.03 bits per heavy atom. The Balaban J connectivity index is 2.43. The summed E-state index contributed by atoms with van der Waals surface area (Å²) in [5.41, 5.74) is 0.287. The number of hydrogen-bond donors (Lipinski definition) is 1. The van der Waals surface area contributed by atoms with Gasteiger partial charge in [0.15, 0.2) is 0 Å². The molecule has 0 heterocycles. The lowest BCUT2D eigenvalue weighted by Crippen LogP contribution is -2.18. The summed E-state index contributed by atoms with van der Waals surface area (Å²) >= 11 is 0. The number of carboxylic acids is 1. The molecule has 0 bridgehead atoms. The molecule has 32 heavy (non-hydrogen) atoms. The Bertz CT molecular complexity index is 909. The quantitative estimate of drug-likeness (QED) is 0.269. The van der Waals surface area contributed by atoms with Gasteiger partial charge in [0.25, 0.3) is 0 Å². The van der Waals surface area contributed by atoms with Crippen molar-refractivity contribution < 1.29 is 28.6 Å². The molecule has 0 saturated carbocycles. The van der Waals surface area contributed by atoms with E-state index in [9.17, 15) is 19.1 Å². The third-order valence-electron chi connectivity index (χ3n) is 5.35. The molecule has 2 aromatic rings. The summed E-state index contributed by atoms with van der Waals surface area (Å²) in [6.45, 7) is 6.21. The Kier molecular flexibility index (Phi) is 10.2. The average Bonchev–Trinajstić information content (AvgIpc) is 2.77. The molecule has 5 nitrogen and oxygen atoms in total. The standard InChI is InChI=1S/C26H33FO5/c1-4-6-7-8-9-10-16-31-22-15-14-21(25(28)29)23(19-12-11-13-20(27)17-19)24(22)26(30)32-18(3)5-2/h11-15,17-18H,4-10,16H2,1-3H3,(H,28,29)/t18-/m1/s1. The Labute approximate surface area is 189 Å². The van der Waals surface area contributed by atoms with Crippen LogP contribution in [-0.2, 0) is 4.74 Å². The van der Waals surface area contributed by atoms with Crippen LogP contribution in [0.1, 0.15) is 86.4 Å². The van der Waals surface area contributed by atoms with Crippen LogP contribution in [0.3, 0.4) is 0 Å². The molecule has 2 rings (SSSR count). The maximum absolute atomic E-state index is 14.0. The number of ether oxygens (including phenoxy) is 2. The lowest BCUT2D eigenvalue weighted by atomic mass is 9.93.